The molecule has 49 heavy (non-hydrogen) atoms. The van der Waals surface area contributed by atoms with Gasteiger partial charge in [0.05, 0.1) is 30.5 Å². The zero-order valence-corrected chi connectivity index (χ0v) is 27.1. The molecule has 1 aliphatic rings. The van der Waals surface area contributed by atoms with Gasteiger partial charge in [-0.05, 0) is 43.2 Å². The number of hydrogen-bond donors (Lipinski definition) is 2. The van der Waals surface area contributed by atoms with E-state index in [0.717, 1.165) is 18.4 Å². The van der Waals surface area contributed by atoms with Crippen LogP contribution in [0.25, 0.3) is 22.3 Å². The molecular weight excluding hydrogens is 671 g/mol. The number of hydrogen-bond acceptors (Lipinski definition) is 7. The molecule has 1 unspecified atom stereocenters. The fourth-order valence-corrected chi connectivity index (χ4v) is 7.22. The van der Waals surface area contributed by atoms with Crippen LogP contribution in [0, 0.1) is 17.5 Å². The predicted molar refractivity (Wildman–Crippen MR) is 170 cm³/mol. The molecule has 2 aromatic heterocycles. The second kappa shape index (κ2) is 13.6. The first-order valence-electron chi connectivity index (χ1n) is 15.4. The summed E-state index contributed by atoms with van der Waals surface area (Å²) in [6.45, 7) is 1.25. The lowest BCUT2D eigenvalue weighted by atomic mass is 9.93. The Labute approximate surface area is 278 Å². The summed E-state index contributed by atoms with van der Waals surface area (Å²) in [5, 5.41) is 0.205. The first-order chi connectivity index (χ1) is 23.3. The van der Waals surface area contributed by atoms with Gasteiger partial charge >= 0.3 is 5.97 Å². The maximum atomic E-state index is 16.0. The summed E-state index contributed by atoms with van der Waals surface area (Å²) in [6.07, 6.45) is -0.214. The maximum Gasteiger partial charge on any atom is 0.306 e. The summed E-state index contributed by atoms with van der Waals surface area (Å²) in [6, 6.07) is 9.43. The number of H-pyrrole nitrogens is 2. The van der Waals surface area contributed by atoms with E-state index in [1.165, 1.54) is 41.4 Å². The number of esters is 1. The number of fused-ring (bicyclic) bond motifs is 2. The monoisotopic (exact) mass is 702 g/mol. The highest BCUT2D eigenvalue weighted by atomic mass is 32.2. The van der Waals surface area contributed by atoms with Crippen LogP contribution in [0.15, 0.2) is 59.6 Å². The number of nitrogens with one attached hydrogen (secondary N) is 2. The van der Waals surface area contributed by atoms with Gasteiger partial charge in [-0.2, -0.15) is 0 Å². The number of halogens is 5. The van der Waals surface area contributed by atoms with Crippen LogP contribution in [0.1, 0.15) is 41.9 Å². The number of alkyl halides is 2. The van der Waals surface area contributed by atoms with E-state index in [1.807, 2.05) is 0 Å². The molecule has 15 heteroatoms. The second-order valence-electron chi connectivity index (χ2n) is 11.6. The Morgan fingerprint density at radius 2 is 1.90 bits per heavy atom. The fourth-order valence-electron chi connectivity index (χ4n) is 6.17. The first-order valence-corrected chi connectivity index (χ1v) is 17.3. The molecule has 3 heterocycles. The van der Waals surface area contributed by atoms with E-state index in [0.29, 0.717) is 5.69 Å². The van der Waals surface area contributed by atoms with E-state index in [-0.39, 0.29) is 77.3 Å². The van der Waals surface area contributed by atoms with Crippen molar-refractivity contribution >= 4 is 26.7 Å². The third kappa shape index (κ3) is 6.90. The summed E-state index contributed by atoms with van der Waals surface area (Å²) in [4.78, 5) is 23.3. The topological polar surface area (TPSA) is 117 Å². The number of aromatic amines is 2. The van der Waals surface area contributed by atoms with Gasteiger partial charge in [0.2, 0.25) is 0 Å². The number of rotatable bonds is 11. The van der Waals surface area contributed by atoms with Gasteiger partial charge in [0.25, 0.3) is 6.43 Å². The van der Waals surface area contributed by atoms with Crippen molar-refractivity contribution in [2.75, 3.05) is 26.0 Å². The number of sulfone groups is 1. The molecule has 0 aliphatic carbocycles. The Hall–Kier alpha value is -4.76. The van der Waals surface area contributed by atoms with Gasteiger partial charge in [0, 0.05) is 60.1 Å². The smallest absolute Gasteiger partial charge is 0.306 e. The van der Waals surface area contributed by atoms with Crippen molar-refractivity contribution in [1.82, 2.24) is 19.9 Å². The molecule has 0 bridgehead atoms. The molecular formula is C34H31F5N4O5S. The normalized spacial score (nSPS) is 15.1. The summed E-state index contributed by atoms with van der Waals surface area (Å²) in [5.41, 5.74) is 1.03. The van der Waals surface area contributed by atoms with E-state index in [9.17, 15) is 22.0 Å². The van der Waals surface area contributed by atoms with Crippen molar-refractivity contribution in [3.05, 3.63) is 94.7 Å². The van der Waals surface area contributed by atoms with Crippen molar-refractivity contribution in [3.8, 4) is 22.9 Å². The van der Waals surface area contributed by atoms with Crippen molar-refractivity contribution in [2.24, 2.45) is 0 Å². The third-order valence-electron chi connectivity index (χ3n) is 8.26. The highest BCUT2D eigenvalue weighted by molar-refractivity contribution is 7.91. The van der Waals surface area contributed by atoms with E-state index < -0.39 is 62.9 Å². The first kappa shape index (κ1) is 34.1. The number of nitrogens with zero attached hydrogens (tertiary/aromatic N) is 2. The van der Waals surface area contributed by atoms with E-state index in [2.05, 4.69) is 15.0 Å². The van der Waals surface area contributed by atoms with E-state index in [1.54, 1.807) is 13.0 Å². The molecule has 0 saturated heterocycles. The van der Waals surface area contributed by atoms with Crippen molar-refractivity contribution in [3.63, 3.8) is 0 Å². The highest BCUT2D eigenvalue weighted by Gasteiger charge is 2.36. The molecule has 0 saturated carbocycles. The van der Waals surface area contributed by atoms with Crippen molar-refractivity contribution in [1.29, 1.82) is 0 Å². The average Bonchev–Trinajstić information content (AvgIpc) is 3.68. The third-order valence-corrected chi connectivity index (χ3v) is 9.41. The largest absolute Gasteiger partial charge is 0.466 e. The molecule has 0 spiro atoms. The minimum absolute atomic E-state index is 0.0232. The molecule has 9 nitrogen and oxygen atoms in total. The second-order valence-corrected chi connectivity index (χ2v) is 13.5. The Morgan fingerprint density at radius 3 is 2.63 bits per heavy atom. The number of carbonyl (C=O) groups excluding carboxylic acids is 1. The zero-order valence-electron chi connectivity index (χ0n) is 26.3. The van der Waals surface area contributed by atoms with Crippen LogP contribution in [0.4, 0.5) is 22.0 Å². The van der Waals surface area contributed by atoms with E-state index in [4.69, 9.17) is 9.47 Å². The molecule has 1 atom stereocenters. The Balaban J connectivity index is 1.39. The fraction of sp³-hybridized carbons (Fsp3) is 0.294. The van der Waals surface area contributed by atoms with Gasteiger partial charge in [-0.25, -0.2) is 35.4 Å². The molecule has 0 amide bonds. The quantitative estimate of drug-likeness (QED) is 0.114. The van der Waals surface area contributed by atoms with Crippen LogP contribution in [0.3, 0.4) is 0 Å². The molecule has 3 aromatic carbocycles. The van der Waals surface area contributed by atoms with Crippen molar-refractivity contribution < 1.29 is 44.6 Å². The van der Waals surface area contributed by atoms with Crippen LogP contribution in [0.2, 0.25) is 0 Å². The van der Waals surface area contributed by atoms with E-state index >= 15 is 13.2 Å². The minimum atomic E-state index is -4.00. The molecule has 2 N–H and O–H groups in total. The number of ether oxygens (including phenoxy) is 2. The number of carbonyl (C=O) groups is 1. The maximum absolute atomic E-state index is 16.0. The van der Waals surface area contributed by atoms with Gasteiger partial charge < -0.3 is 19.4 Å². The molecule has 258 valence electrons. The standard InChI is InChI=1S/C34H31F5N4O5S/c1-3-47-28(44)10-7-18-5-4-6-21(29(18)39)31-30-25(12-14-43(31)17-27(37)38)41-34(42-30)22-15-19(8-9-23(22)35)48-32-24(36)16-26-20(11-13-40-26)33(32)49(2,45)46/h4-6,8-9,11,13,15-16,27,31,40H,3,7,10,12,14,17H2,1-2H3,(H,41,42). The van der Waals surface area contributed by atoms with Gasteiger partial charge in [-0.3, -0.25) is 9.69 Å². The van der Waals surface area contributed by atoms with Crippen LogP contribution < -0.4 is 4.74 Å². The molecule has 0 radical (unpaired) electrons. The Bertz CT molecular complexity index is 2150. The number of aromatic nitrogens is 3. The van der Waals surface area contributed by atoms with Crippen LogP contribution in [-0.2, 0) is 32.2 Å². The lowest BCUT2D eigenvalue weighted by Crippen LogP contribution is -2.39. The lowest BCUT2D eigenvalue weighted by molar-refractivity contribution is -0.143. The predicted octanol–water partition coefficient (Wildman–Crippen LogP) is 6.88. The number of imidazole rings is 1. The Kier molecular flexibility index (Phi) is 9.49. The summed E-state index contributed by atoms with van der Waals surface area (Å²) < 4.78 is 110. The molecule has 1 aliphatic heterocycles. The highest BCUT2D eigenvalue weighted by Crippen LogP contribution is 2.41. The minimum Gasteiger partial charge on any atom is -0.466 e. The van der Waals surface area contributed by atoms with Crippen LogP contribution in [-0.4, -0.2) is 66.6 Å². The Morgan fingerprint density at radius 1 is 1.10 bits per heavy atom. The van der Waals surface area contributed by atoms with Gasteiger partial charge in [-0.1, -0.05) is 18.2 Å². The van der Waals surface area contributed by atoms with Gasteiger partial charge in [-0.15, -0.1) is 0 Å². The number of benzene rings is 3. The van der Waals surface area contributed by atoms with Crippen molar-refractivity contribution in [2.45, 2.75) is 43.5 Å². The average molecular weight is 703 g/mol. The van der Waals surface area contributed by atoms with Crippen LogP contribution >= 0.6 is 0 Å². The van der Waals surface area contributed by atoms with Gasteiger partial charge in [0.1, 0.15) is 28.1 Å². The number of aryl methyl sites for hydroxylation is 1. The molecule has 5 aromatic rings. The SMILES string of the molecule is CCOC(=O)CCc1cccc(C2c3nc(-c4cc(Oc5c(F)cc6[nH]ccc6c5S(C)(=O)=O)ccc4F)[nH]c3CCN2CC(F)F)c1F. The van der Waals surface area contributed by atoms with Crippen LogP contribution in [0.5, 0.6) is 11.5 Å². The summed E-state index contributed by atoms with van der Waals surface area (Å²) >= 11 is 0. The molecule has 0 fully saturated rings. The lowest BCUT2D eigenvalue weighted by Gasteiger charge is -2.35. The summed E-state index contributed by atoms with van der Waals surface area (Å²) in [5.74, 6) is -3.64. The molecule has 6 rings (SSSR count). The van der Waals surface area contributed by atoms with Gasteiger partial charge in [0.15, 0.2) is 21.4 Å². The summed E-state index contributed by atoms with van der Waals surface area (Å²) in [7, 11) is -4.00. The zero-order chi connectivity index (χ0) is 35.0.